The van der Waals surface area contributed by atoms with E-state index in [-0.39, 0.29) is 17.6 Å². The van der Waals surface area contributed by atoms with Crippen molar-refractivity contribution in [1.82, 2.24) is 15.3 Å². The number of fused-ring (bicyclic) bond motifs is 1. The Hall–Kier alpha value is -2.28. The Balaban J connectivity index is 1.64. The Kier molecular flexibility index (Phi) is 4.72. The number of aromatic nitrogens is 2. The Labute approximate surface area is 159 Å². The largest absolute Gasteiger partial charge is 0.309 e. The molecule has 0 spiro atoms. The average molecular weight is 382 g/mol. The van der Waals surface area contributed by atoms with E-state index in [0.29, 0.717) is 11.2 Å². The van der Waals surface area contributed by atoms with Gasteiger partial charge in [0.15, 0.2) is 0 Å². The fourth-order valence-electron chi connectivity index (χ4n) is 3.08. The zero-order chi connectivity index (χ0) is 18.1. The topological polar surface area (TPSA) is 57.8 Å². The molecule has 1 aromatic carbocycles. The highest BCUT2D eigenvalue weighted by atomic mass is 32.1. The number of H-pyrrole nitrogens is 1. The van der Waals surface area contributed by atoms with Crippen molar-refractivity contribution in [2.24, 2.45) is 0 Å². The number of thiophene rings is 2. The van der Waals surface area contributed by atoms with Gasteiger partial charge in [0.25, 0.3) is 5.56 Å². The van der Waals surface area contributed by atoms with Crippen LogP contribution in [0.5, 0.6) is 0 Å². The molecule has 26 heavy (non-hydrogen) atoms. The standard InChI is InChI=1S/C20H19N3OS2/c1-12(14-7-4-3-5-8-14)21-13(2)18-22-19(24)17-15(11-26-20(17)23-18)16-9-6-10-25-16/h3-13,21H,1-2H3,(H,22,23,24)/t12-,13+/m0/s1. The lowest BCUT2D eigenvalue weighted by Gasteiger charge is -2.19. The first-order valence-corrected chi connectivity index (χ1v) is 10.3. The van der Waals surface area contributed by atoms with Crippen LogP contribution in [0.25, 0.3) is 20.7 Å². The van der Waals surface area contributed by atoms with Gasteiger partial charge in [-0.05, 0) is 30.9 Å². The monoisotopic (exact) mass is 381 g/mol. The second kappa shape index (κ2) is 7.15. The van der Waals surface area contributed by atoms with Crippen LogP contribution in [0.3, 0.4) is 0 Å². The van der Waals surface area contributed by atoms with Gasteiger partial charge in [-0.25, -0.2) is 4.98 Å². The van der Waals surface area contributed by atoms with E-state index in [9.17, 15) is 4.79 Å². The predicted molar refractivity (Wildman–Crippen MR) is 110 cm³/mol. The van der Waals surface area contributed by atoms with Gasteiger partial charge in [-0.15, -0.1) is 22.7 Å². The van der Waals surface area contributed by atoms with Crippen LogP contribution >= 0.6 is 22.7 Å². The summed E-state index contributed by atoms with van der Waals surface area (Å²) in [5, 5.41) is 8.24. The van der Waals surface area contributed by atoms with E-state index < -0.39 is 0 Å². The molecule has 0 unspecified atom stereocenters. The highest BCUT2D eigenvalue weighted by molar-refractivity contribution is 7.18. The molecule has 0 amide bonds. The molecule has 2 atom stereocenters. The maximum Gasteiger partial charge on any atom is 0.260 e. The molecule has 4 aromatic rings. The molecule has 4 nitrogen and oxygen atoms in total. The van der Waals surface area contributed by atoms with Crippen molar-refractivity contribution in [3.63, 3.8) is 0 Å². The number of hydrogen-bond donors (Lipinski definition) is 2. The van der Waals surface area contributed by atoms with E-state index in [1.54, 1.807) is 11.3 Å². The highest BCUT2D eigenvalue weighted by Gasteiger charge is 2.17. The number of rotatable bonds is 5. The molecule has 3 heterocycles. The van der Waals surface area contributed by atoms with Crippen molar-refractivity contribution < 1.29 is 0 Å². The van der Waals surface area contributed by atoms with Crippen LogP contribution < -0.4 is 10.9 Å². The summed E-state index contributed by atoms with van der Waals surface area (Å²) in [6.45, 7) is 4.14. The minimum atomic E-state index is -0.0735. The Morgan fingerprint density at radius 3 is 2.58 bits per heavy atom. The summed E-state index contributed by atoms with van der Waals surface area (Å²) < 4.78 is 0. The lowest BCUT2D eigenvalue weighted by molar-refractivity contribution is 0.477. The summed E-state index contributed by atoms with van der Waals surface area (Å²) in [6.07, 6.45) is 0. The maximum absolute atomic E-state index is 12.7. The van der Waals surface area contributed by atoms with Crippen LogP contribution in [0.15, 0.2) is 58.0 Å². The number of benzene rings is 1. The molecule has 4 rings (SSSR count). The zero-order valence-corrected chi connectivity index (χ0v) is 16.2. The van der Waals surface area contributed by atoms with Crippen LogP contribution in [0.4, 0.5) is 0 Å². The second-order valence-electron chi connectivity index (χ2n) is 6.28. The van der Waals surface area contributed by atoms with Crippen molar-refractivity contribution in [2.75, 3.05) is 0 Å². The molecular weight excluding hydrogens is 362 g/mol. The van der Waals surface area contributed by atoms with Crippen molar-refractivity contribution in [3.05, 3.63) is 75.0 Å². The first kappa shape index (κ1) is 17.1. The van der Waals surface area contributed by atoms with E-state index >= 15 is 0 Å². The molecule has 0 saturated heterocycles. The molecule has 3 aromatic heterocycles. The summed E-state index contributed by atoms with van der Waals surface area (Å²) in [6, 6.07) is 14.4. The fourth-order valence-corrected chi connectivity index (χ4v) is 4.84. The molecule has 2 N–H and O–H groups in total. The van der Waals surface area contributed by atoms with E-state index in [2.05, 4.69) is 29.4 Å². The minimum absolute atomic E-state index is 0.0606. The molecule has 0 bridgehead atoms. The smallest absolute Gasteiger partial charge is 0.260 e. The molecule has 0 saturated carbocycles. The SMILES string of the molecule is C[C@H](N[C@H](C)c1nc2scc(-c3cccs3)c2c(=O)[nH]1)c1ccccc1. The number of nitrogens with zero attached hydrogens (tertiary/aromatic N) is 1. The normalized spacial score (nSPS) is 13.8. The second-order valence-corrected chi connectivity index (χ2v) is 8.08. The van der Waals surface area contributed by atoms with Gasteiger partial charge in [0, 0.05) is 21.9 Å². The third-order valence-corrected chi connectivity index (χ3v) is 6.23. The summed E-state index contributed by atoms with van der Waals surface area (Å²) in [4.78, 5) is 22.3. The van der Waals surface area contributed by atoms with E-state index in [1.165, 1.54) is 16.9 Å². The molecule has 132 valence electrons. The summed E-state index contributed by atoms with van der Waals surface area (Å²) in [5.74, 6) is 0.671. The quantitative estimate of drug-likeness (QED) is 0.504. The van der Waals surface area contributed by atoms with Gasteiger partial charge >= 0.3 is 0 Å². The summed E-state index contributed by atoms with van der Waals surface area (Å²) in [7, 11) is 0. The van der Waals surface area contributed by atoms with Crippen molar-refractivity contribution in [2.45, 2.75) is 25.9 Å². The van der Waals surface area contributed by atoms with E-state index in [4.69, 9.17) is 4.98 Å². The number of hydrogen-bond acceptors (Lipinski definition) is 5. The lowest BCUT2D eigenvalue weighted by Crippen LogP contribution is -2.26. The first-order valence-electron chi connectivity index (χ1n) is 8.50. The number of nitrogens with one attached hydrogen (secondary N) is 2. The third kappa shape index (κ3) is 3.23. The van der Waals surface area contributed by atoms with Crippen LogP contribution in [0.2, 0.25) is 0 Å². The molecule has 0 aliphatic heterocycles. The van der Waals surface area contributed by atoms with Gasteiger partial charge in [-0.2, -0.15) is 0 Å². The molecule has 6 heteroatoms. The fraction of sp³-hybridized carbons (Fsp3) is 0.200. The highest BCUT2D eigenvalue weighted by Crippen LogP contribution is 2.33. The van der Waals surface area contributed by atoms with E-state index in [0.717, 1.165) is 15.3 Å². The van der Waals surface area contributed by atoms with Crippen LogP contribution in [-0.4, -0.2) is 9.97 Å². The maximum atomic E-state index is 12.7. The van der Waals surface area contributed by atoms with E-state index in [1.807, 2.05) is 48.0 Å². The van der Waals surface area contributed by atoms with Gasteiger partial charge < -0.3 is 10.3 Å². The van der Waals surface area contributed by atoms with Gasteiger partial charge in [0.1, 0.15) is 10.7 Å². The minimum Gasteiger partial charge on any atom is -0.309 e. The van der Waals surface area contributed by atoms with Crippen LogP contribution in [-0.2, 0) is 0 Å². The number of aromatic amines is 1. The Bertz CT molecular complexity index is 1070. The molecule has 0 aliphatic carbocycles. The van der Waals surface area contributed by atoms with Crippen molar-refractivity contribution in [3.8, 4) is 10.4 Å². The third-order valence-electron chi connectivity index (χ3n) is 4.46. The average Bonchev–Trinajstić information content (AvgIpc) is 3.31. The van der Waals surface area contributed by atoms with Gasteiger partial charge in [-0.1, -0.05) is 36.4 Å². The van der Waals surface area contributed by atoms with Crippen LogP contribution in [0, 0.1) is 0 Å². The molecule has 0 aliphatic rings. The van der Waals surface area contributed by atoms with Crippen molar-refractivity contribution >= 4 is 32.9 Å². The van der Waals surface area contributed by atoms with Crippen molar-refractivity contribution in [1.29, 1.82) is 0 Å². The Morgan fingerprint density at radius 1 is 1.04 bits per heavy atom. The van der Waals surface area contributed by atoms with Gasteiger partial charge in [-0.3, -0.25) is 4.79 Å². The summed E-state index contributed by atoms with van der Waals surface area (Å²) in [5.41, 5.74) is 2.10. The lowest BCUT2D eigenvalue weighted by atomic mass is 10.1. The molecule has 0 fully saturated rings. The van der Waals surface area contributed by atoms with Crippen LogP contribution in [0.1, 0.15) is 37.3 Å². The molecular formula is C20H19N3OS2. The van der Waals surface area contributed by atoms with Gasteiger partial charge in [0.2, 0.25) is 0 Å². The summed E-state index contributed by atoms with van der Waals surface area (Å²) >= 11 is 3.16. The zero-order valence-electron chi connectivity index (χ0n) is 14.5. The Morgan fingerprint density at radius 2 is 1.85 bits per heavy atom. The first-order chi connectivity index (χ1) is 12.6. The predicted octanol–water partition coefficient (Wildman–Crippen LogP) is 5.12. The molecule has 0 radical (unpaired) electrons. The van der Waals surface area contributed by atoms with Gasteiger partial charge in [0.05, 0.1) is 11.4 Å².